The van der Waals surface area contributed by atoms with Crippen LogP contribution in [0, 0.1) is 11.8 Å². The minimum Gasteiger partial charge on any atom is -0.494 e. The summed E-state index contributed by atoms with van der Waals surface area (Å²) in [6, 6.07) is 9.80. The van der Waals surface area contributed by atoms with Crippen LogP contribution in [0.3, 0.4) is 0 Å². The molecule has 3 aromatic rings. The van der Waals surface area contributed by atoms with Crippen molar-refractivity contribution in [3.63, 3.8) is 0 Å². The number of alkyl halides is 3. The van der Waals surface area contributed by atoms with Gasteiger partial charge in [0, 0.05) is 11.1 Å². The number of hydrogen-bond acceptors (Lipinski definition) is 4. The first-order chi connectivity index (χ1) is 15.8. The van der Waals surface area contributed by atoms with E-state index >= 15 is 0 Å². The molecular formula is C25H22F3NO4. The van der Waals surface area contributed by atoms with Gasteiger partial charge in [-0.25, -0.2) is 4.57 Å². The van der Waals surface area contributed by atoms with Crippen LogP contribution in [0.2, 0.25) is 0 Å². The van der Waals surface area contributed by atoms with Gasteiger partial charge in [-0.15, -0.1) is 0 Å². The van der Waals surface area contributed by atoms with E-state index in [1.807, 2.05) is 0 Å². The molecule has 4 aliphatic rings. The molecular weight excluding hydrogens is 435 g/mol. The Hall–Kier alpha value is -3.29. The number of nitrogens with zero attached hydrogens (tertiary/aromatic N) is 1. The number of ether oxygens (including phenoxy) is 2. The molecule has 2 bridgehead atoms. The Kier molecular flexibility index (Phi) is 4.22. The van der Waals surface area contributed by atoms with Crippen molar-refractivity contribution in [2.45, 2.75) is 37.3 Å². The number of fused-ring (bicyclic) bond motifs is 1. The summed E-state index contributed by atoms with van der Waals surface area (Å²) in [6.45, 7) is 0. The van der Waals surface area contributed by atoms with Crippen LogP contribution in [0.1, 0.15) is 47.8 Å². The number of aromatic nitrogens is 1. The number of methoxy groups -OCH3 is 1. The molecule has 0 spiro atoms. The lowest BCUT2D eigenvalue weighted by atomic mass is 9.68. The van der Waals surface area contributed by atoms with E-state index in [9.17, 15) is 23.4 Å². The zero-order valence-corrected chi connectivity index (χ0v) is 17.8. The van der Waals surface area contributed by atoms with Crippen molar-refractivity contribution in [3.05, 3.63) is 59.2 Å². The Labute approximate surface area is 188 Å². The standard InChI is InChI=1S/C25H22F3NO4/c1-32-19-4-2-3-5-20(19)33-18-9-6-12(25(26,27)28)10-17(18)29-23(30)21-13-7-8-14(16-11-15(13)16)22(21)24(29)31/h2-6,9-10,13-16,30-31H,7-8,11H2,1H3/t13-,14+,15+,16?/m0/s1. The van der Waals surface area contributed by atoms with Gasteiger partial charge in [0.2, 0.25) is 11.8 Å². The van der Waals surface area contributed by atoms with Crippen molar-refractivity contribution in [1.29, 1.82) is 0 Å². The van der Waals surface area contributed by atoms with Gasteiger partial charge in [-0.3, -0.25) is 0 Å². The third-order valence-electron chi connectivity index (χ3n) is 7.47. The highest BCUT2D eigenvalue weighted by Gasteiger charge is 2.59. The highest BCUT2D eigenvalue weighted by Crippen LogP contribution is 2.70. The molecule has 4 atom stereocenters. The van der Waals surface area contributed by atoms with Crippen LogP contribution in [0.15, 0.2) is 42.5 Å². The van der Waals surface area contributed by atoms with Gasteiger partial charge in [-0.1, -0.05) is 12.1 Å². The molecule has 1 unspecified atom stereocenters. The van der Waals surface area contributed by atoms with Gasteiger partial charge in [0.25, 0.3) is 0 Å². The molecule has 0 radical (unpaired) electrons. The Morgan fingerprint density at radius 1 is 0.879 bits per heavy atom. The Bertz CT molecular complexity index is 1230. The molecule has 0 amide bonds. The second-order valence-electron chi connectivity index (χ2n) is 9.10. The van der Waals surface area contributed by atoms with E-state index in [0.29, 0.717) is 34.5 Å². The van der Waals surface area contributed by atoms with E-state index < -0.39 is 11.7 Å². The molecule has 33 heavy (non-hydrogen) atoms. The van der Waals surface area contributed by atoms with E-state index in [2.05, 4.69) is 0 Å². The molecule has 1 aromatic heterocycles. The molecule has 4 aliphatic carbocycles. The van der Waals surface area contributed by atoms with Gasteiger partial charge in [0.1, 0.15) is 0 Å². The zero-order valence-electron chi connectivity index (χ0n) is 17.8. The maximum atomic E-state index is 13.6. The van der Waals surface area contributed by atoms with Gasteiger partial charge >= 0.3 is 6.18 Å². The topological polar surface area (TPSA) is 63.9 Å². The summed E-state index contributed by atoms with van der Waals surface area (Å²) in [6.07, 6.45) is -1.68. The summed E-state index contributed by atoms with van der Waals surface area (Å²) in [5.74, 6) is 1.60. The zero-order chi connectivity index (χ0) is 23.1. The van der Waals surface area contributed by atoms with Crippen LogP contribution in [-0.4, -0.2) is 21.9 Å². The molecule has 0 aliphatic heterocycles. The Morgan fingerprint density at radius 3 is 2.06 bits per heavy atom. The fraction of sp³-hybridized carbons (Fsp3) is 0.360. The second kappa shape index (κ2) is 6.85. The van der Waals surface area contributed by atoms with E-state index in [1.54, 1.807) is 24.3 Å². The van der Waals surface area contributed by atoms with Gasteiger partial charge in [0.05, 0.1) is 18.4 Å². The monoisotopic (exact) mass is 457 g/mol. The Morgan fingerprint density at radius 2 is 1.48 bits per heavy atom. The molecule has 5 nitrogen and oxygen atoms in total. The summed E-state index contributed by atoms with van der Waals surface area (Å²) >= 11 is 0. The quantitative estimate of drug-likeness (QED) is 0.481. The van der Waals surface area contributed by atoms with Crippen LogP contribution in [-0.2, 0) is 6.18 Å². The van der Waals surface area contributed by atoms with Gasteiger partial charge < -0.3 is 19.7 Å². The van der Waals surface area contributed by atoms with Gasteiger partial charge in [-0.05, 0) is 73.3 Å². The number of benzene rings is 2. The van der Waals surface area contributed by atoms with Crippen molar-refractivity contribution >= 4 is 0 Å². The van der Waals surface area contributed by atoms with E-state index in [4.69, 9.17) is 9.47 Å². The molecule has 2 aromatic carbocycles. The second-order valence-corrected chi connectivity index (χ2v) is 9.10. The molecule has 1 heterocycles. The van der Waals surface area contributed by atoms with Crippen molar-refractivity contribution < 1.29 is 32.9 Å². The molecule has 2 saturated carbocycles. The summed E-state index contributed by atoms with van der Waals surface area (Å²) < 4.78 is 53.1. The number of hydrogen-bond donors (Lipinski definition) is 2. The summed E-state index contributed by atoms with van der Waals surface area (Å²) in [7, 11) is 1.47. The lowest BCUT2D eigenvalue weighted by Gasteiger charge is -2.35. The maximum Gasteiger partial charge on any atom is 0.416 e. The smallest absolute Gasteiger partial charge is 0.416 e. The first-order valence-corrected chi connectivity index (χ1v) is 11.0. The van der Waals surface area contributed by atoms with E-state index in [0.717, 1.165) is 36.0 Å². The van der Waals surface area contributed by atoms with Crippen LogP contribution in [0.5, 0.6) is 29.0 Å². The first kappa shape index (κ1) is 20.3. The lowest BCUT2D eigenvalue weighted by molar-refractivity contribution is -0.137. The van der Waals surface area contributed by atoms with Crippen LogP contribution in [0.25, 0.3) is 5.69 Å². The molecule has 172 valence electrons. The summed E-state index contributed by atoms with van der Waals surface area (Å²) in [5, 5.41) is 22.4. The number of halogens is 3. The first-order valence-electron chi connectivity index (χ1n) is 11.0. The fourth-order valence-electron chi connectivity index (χ4n) is 5.98. The molecule has 7 rings (SSSR count). The minimum atomic E-state index is -4.60. The van der Waals surface area contributed by atoms with E-state index in [-0.39, 0.29) is 35.0 Å². The molecule has 2 fully saturated rings. The summed E-state index contributed by atoms with van der Waals surface area (Å²) in [4.78, 5) is 0. The Balaban J connectivity index is 1.54. The van der Waals surface area contributed by atoms with Crippen molar-refractivity contribution in [3.8, 4) is 34.7 Å². The number of para-hydroxylation sites is 2. The molecule has 0 saturated heterocycles. The highest BCUT2D eigenvalue weighted by molar-refractivity contribution is 5.63. The van der Waals surface area contributed by atoms with Crippen LogP contribution >= 0.6 is 0 Å². The largest absolute Gasteiger partial charge is 0.494 e. The van der Waals surface area contributed by atoms with Crippen LogP contribution in [0.4, 0.5) is 13.2 Å². The van der Waals surface area contributed by atoms with Gasteiger partial charge in [-0.2, -0.15) is 13.2 Å². The molecule has 8 heteroatoms. The third kappa shape index (κ3) is 2.92. The van der Waals surface area contributed by atoms with Crippen molar-refractivity contribution in [2.24, 2.45) is 11.8 Å². The molecule has 2 N–H and O–H groups in total. The average molecular weight is 457 g/mol. The van der Waals surface area contributed by atoms with Crippen molar-refractivity contribution in [1.82, 2.24) is 4.57 Å². The number of aromatic hydroxyl groups is 2. The van der Waals surface area contributed by atoms with E-state index in [1.165, 1.54) is 13.2 Å². The third-order valence-corrected chi connectivity index (χ3v) is 7.47. The average Bonchev–Trinajstić information content (AvgIpc) is 3.57. The fourth-order valence-corrected chi connectivity index (χ4v) is 5.98. The maximum absolute atomic E-state index is 13.6. The SMILES string of the molecule is COc1ccccc1Oc1ccc(C(F)(F)F)cc1-n1c(O)c2c(c1O)[C@@H]1CC[C@H]2[C@H]2CC12. The lowest BCUT2D eigenvalue weighted by Crippen LogP contribution is -2.22. The van der Waals surface area contributed by atoms with Gasteiger partial charge in [0.15, 0.2) is 17.2 Å². The van der Waals surface area contributed by atoms with Crippen molar-refractivity contribution in [2.75, 3.05) is 7.11 Å². The highest BCUT2D eigenvalue weighted by atomic mass is 19.4. The predicted molar refractivity (Wildman–Crippen MR) is 113 cm³/mol. The van der Waals surface area contributed by atoms with Crippen LogP contribution < -0.4 is 9.47 Å². The summed E-state index contributed by atoms with van der Waals surface area (Å²) in [5.41, 5.74) is 0.390. The number of rotatable bonds is 4. The minimum absolute atomic E-state index is 0.0583. The normalized spacial score (nSPS) is 24.8. The predicted octanol–water partition coefficient (Wildman–Crippen LogP) is 6.32.